The van der Waals surface area contributed by atoms with Crippen molar-refractivity contribution in [2.24, 2.45) is 0 Å². The van der Waals surface area contributed by atoms with E-state index in [4.69, 9.17) is 0 Å². The summed E-state index contributed by atoms with van der Waals surface area (Å²) >= 11 is 0. The Hall–Kier alpha value is -1.56. The van der Waals surface area contributed by atoms with Gasteiger partial charge in [0.05, 0.1) is 0 Å². The van der Waals surface area contributed by atoms with Crippen molar-refractivity contribution in [2.45, 2.75) is 32.1 Å². The van der Waals surface area contributed by atoms with Crippen molar-refractivity contribution in [1.82, 2.24) is 0 Å². The standard InChI is InChI=1S/C17H16/c1-3-8-14-12(6-1)13-7-2-4-9-15(13)17-11-5-10-16(14)17/h3-4,6-9H,1-2,5,10-11H2. The third-order valence-electron chi connectivity index (χ3n) is 4.22. The largest absolute Gasteiger partial charge is 0.0801 e. The fraction of sp³-hybridized carbons (Fsp3) is 0.294. The van der Waals surface area contributed by atoms with E-state index >= 15 is 0 Å². The van der Waals surface area contributed by atoms with Crippen molar-refractivity contribution in [2.75, 3.05) is 0 Å². The van der Waals surface area contributed by atoms with Gasteiger partial charge in [-0.25, -0.2) is 0 Å². The average molecular weight is 220 g/mol. The predicted molar refractivity (Wildman–Crippen MR) is 73.9 cm³/mol. The van der Waals surface area contributed by atoms with E-state index in [0.717, 1.165) is 12.8 Å². The molecule has 0 spiro atoms. The Bertz CT molecular complexity index is 610. The summed E-state index contributed by atoms with van der Waals surface area (Å²) in [6.07, 6.45) is 20.2. The van der Waals surface area contributed by atoms with Crippen molar-refractivity contribution in [3.05, 3.63) is 44.8 Å². The maximum absolute atomic E-state index is 2.41. The molecule has 84 valence electrons. The van der Waals surface area contributed by atoms with Crippen LogP contribution in [0.25, 0.3) is 24.3 Å². The molecule has 3 aliphatic carbocycles. The summed E-state index contributed by atoms with van der Waals surface area (Å²) in [5, 5.41) is 3.01. The number of fused-ring (bicyclic) bond motifs is 6. The van der Waals surface area contributed by atoms with Crippen LogP contribution in [0.1, 0.15) is 41.5 Å². The van der Waals surface area contributed by atoms with Gasteiger partial charge in [0, 0.05) is 0 Å². The molecule has 0 saturated heterocycles. The first-order chi connectivity index (χ1) is 8.45. The zero-order chi connectivity index (χ0) is 11.2. The second-order valence-corrected chi connectivity index (χ2v) is 5.15. The molecule has 0 unspecified atom stereocenters. The predicted octanol–water partition coefficient (Wildman–Crippen LogP) is 2.57. The molecule has 0 heterocycles. The molecule has 0 bridgehead atoms. The van der Waals surface area contributed by atoms with Crippen molar-refractivity contribution < 1.29 is 0 Å². The van der Waals surface area contributed by atoms with Gasteiger partial charge in [0.2, 0.25) is 0 Å². The third-order valence-corrected chi connectivity index (χ3v) is 4.22. The van der Waals surface area contributed by atoms with E-state index in [1.54, 1.807) is 11.1 Å². The number of benzene rings is 1. The molecule has 0 fully saturated rings. The van der Waals surface area contributed by atoms with E-state index in [9.17, 15) is 0 Å². The van der Waals surface area contributed by atoms with Gasteiger partial charge in [-0.3, -0.25) is 0 Å². The quantitative estimate of drug-likeness (QED) is 0.630. The average Bonchev–Trinajstić information content (AvgIpc) is 2.89. The lowest BCUT2D eigenvalue weighted by atomic mass is 9.89. The minimum Gasteiger partial charge on any atom is -0.0801 e. The molecule has 1 aromatic rings. The molecule has 4 rings (SSSR count). The summed E-state index contributed by atoms with van der Waals surface area (Å²) in [5.41, 5.74) is 6.31. The van der Waals surface area contributed by atoms with E-state index in [2.05, 4.69) is 36.5 Å². The van der Waals surface area contributed by atoms with E-state index in [-0.39, 0.29) is 0 Å². The fourth-order valence-electron chi connectivity index (χ4n) is 3.52. The molecule has 3 aliphatic rings. The minimum absolute atomic E-state index is 1.09. The summed E-state index contributed by atoms with van der Waals surface area (Å²) in [7, 11) is 0. The molecule has 17 heavy (non-hydrogen) atoms. The van der Waals surface area contributed by atoms with E-state index in [0.29, 0.717) is 0 Å². The van der Waals surface area contributed by atoms with Gasteiger partial charge in [-0.1, -0.05) is 36.5 Å². The van der Waals surface area contributed by atoms with Crippen molar-refractivity contribution in [1.29, 1.82) is 0 Å². The van der Waals surface area contributed by atoms with Gasteiger partial charge in [0.25, 0.3) is 0 Å². The minimum atomic E-state index is 1.09. The normalized spacial score (nSPS) is 19.1. The lowest BCUT2D eigenvalue weighted by molar-refractivity contribution is 0.910. The van der Waals surface area contributed by atoms with Crippen LogP contribution in [0.4, 0.5) is 0 Å². The van der Waals surface area contributed by atoms with Crippen LogP contribution < -0.4 is 10.4 Å². The number of rotatable bonds is 0. The summed E-state index contributed by atoms with van der Waals surface area (Å²) < 4.78 is 0. The van der Waals surface area contributed by atoms with Crippen LogP contribution in [0, 0.1) is 0 Å². The van der Waals surface area contributed by atoms with Crippen LogP contribution in [0.3, 0.4) is 0 Å². The molecule has 0 nitrogen and oxygen atoms in total. The molecule has 0 atom stereocenters. The van der Waals surface area contributed by atoms with Gasteiger partial charge >= 0.3 is 0 Å². The SMILES string of the molecule is C1=Cc2c3c(c4c(c2=CC1)=CCC=C4)CCC3. The molecule has 0 amide bonds. The lowest BCUT2D eigenvalue weighted by Gasteiger charge is -2.15. The Kier molecular flexibility index (Phi) is 1.93. The summed E-state index contributed by atoms with van der Waals surface area (Å²) in [6.45, 7) is 0. The summed E-state index contributed by atoms with van der Waals surface area (Å²) in [5.74, 6) is 0. The maximum Gasteiger partial charge on any atom is -0.0142 e. The van der Waals surface area contributed by atoms with Gasteiger partial charge in [0.15, 0.2) is 0 Å². The first-order valence-corrected chi connectivity index (χ1v) is 6.66. The Morgan fingerprint density at radius 1 is 0.706 bits per heavy atom. The second-order valence-electron chi connectivity index (χ2n) is 5.15. The highest BCUT2D eigenvalue weighted by molar-refractivity contribution is 5.71. The molecule has 0 heteroatoms. The Balaban J connectivity index is 2.24. The highest BCUT2D eigenvalue weighted by atomic mass is 14.2. The zero-order valence-electron chi connectivity index (χ0n) is 10.00. The zero-order valence-corrected chi connectivity index (χ0v) is 10.00. The van der Waals surface area contributed by atoms with E-state index in [1.165, 1.54) is 40.8 Å². The number of hydrogen-bond donors (Lipinski definition) is 0. The first kappa shape index (κ1) is 9.47. The Morgan fingerprint density at radius 2 is 1.24 bits per heavy atom. The van der Waals surface area contributed by atoms with Gasteiger partial charge in [0.1, 0.15) is 0 Å². The van der Waals surface area contributed by atoms with Crippen LogP contribution in [-0.4, -0.2) is 0 Å². The molecule has 0 saturated carbocycles. The maximum atomic E-state index is 2.41. The van der Waals surface area contributed by atoms with Gasteiger partial charge in [-0.2, -0.15) is 0 Å². The van der Waals surface area contributed by atoms with Crippen LogP contribution in [0.5, 0.6) is 0 Å². The summed E-state index contributed by atoms with van der Waals surface area (Å²) in [6, 6.07) is 0. The molecule has 0 N–H and O–H groups in total. The molecule has 0 radical (unpaired) electrons. The van der Waals surface area contributed by atoms with E-state index in [1.807, 2.05) is 0 Å². The van der Waals surface area contributed by atoms with E-state index < -0.39 is 0 Å². The highest BCUT2D eigenvalue weighted by Gasteiger charge is 2.20. The fourth-order valence-corrected chi connectivity index (χ4v) is 3.52. The highest BCUT2D eigenvalue weighted by Crippen LogP contribution is 2.28. The third kappa shape index (κ3) is 1.24. The first-order valence-electron chi connectivity index (χ1n) is 6.66. The Morgan fingerprint density at radius 3 is 1.76 bits per heavy atom. The van der Waals surface area contributed by atoms with Crippen molar-refractivity contribution >= 4 is 24.3 Å². The van der Waals surface area contributed by atoms with Crippen molar-refractivity contribution in [3.8, 4) is 0 Å². The van der Waals surface area contributed by atoms with Gasteiger partial charge in [-0.05, 0) is 64.8 Å². The number of hydrogen-bond acceptors (Lipinski definition) is 0. The van der Waals surface area contributed by atoms with Gasteiger partial charge in [-0.15, -0.1) is 0 Å². The lowest BCUT2D eigenvalue weighted by Crippen LogP contribution is -2.34. The smallest absolute Gasteiger partial charge is 0.0142 e. The Labute approximate surface area is 102 Å². The van der Waals surface area contributed by atoms with Crippen LogP contribution >= 0.6 is 0 Å². The molecular formula is C17H16. The molecular weight excluding hydrogens is 204 g/mol. The summed E-state index contributed by atoms with van der Waals surface area (Å²) in [4.78, 5) is 0. The topological polar surface area (TPSA) is 0 Å². The monoisotopic (exact) mass is 220 g/mol. The molecule has 0 aromatic heterocycles. The van der Waals surface area contributed by atoms with Crippen LogP contribution in [-0.2, 0) is 12.8 Å². The van der Waals surface area contributed by atoms with Crippen molar-refractivity contribution in [3.63, 3.8) is 0 Å². The van der Waals surface area contributed by atoms with Crippen LogP contribution in [0.15, 0.2) is 12.2 Å². The second kappa shape index (κ2) is 3.46. The molecule has 1 aromatic carbocycles. The van der Waals surface area contributed by atoms with Crippen LogP contribution in [0.2, 0.25) is 0 Å². The van der Waals surface area contributed by atoms with Gasteiger partial charge < -0.3 is 0 Å². The molecule has 0 aliphatic heterocycles. The number of allylic oxidation sites excluding steroid dienone is 2.